The first-order valence-electron chi connectivity index (χ1n) is 16.1. The van der Waals surface area contributed by atoms with Crippen LogP contribution in [0.3, 0.4) is 0 Å². The molecule has 216 valence electrons. The van der Waals surface area contributed by atoms with E-state index in [2.05, 4.69) is 159 Å². The zero-order valence-corrected chi connectivity index (χ0v) is 26.6. The maximum absolute atomic E-state index is 2.49. The molecular weight excluding hydrogens is 573 g/mol. The Morgan fingerprint density at radius 2 is 0.978 bits per heavy atom. The highest BCUT2D eigenvalue weighted by Crippen LogP contribution is 2.53. The number of thiophene rings is 1. The van der Waals surface area contributed by atoms with E-state index in [0.29, 0.717) is 0 Å². The number of fused-ring (bicyclic) bond motifs is 9. The van der Waals surface area contributed by atoms with Gasteiger partial charge in [0.25, 0.3) is 0 Å². The van der Waals surface area contributed by atoms with Gasteiger partial charge in [-0.05, 0) is 95.5 Å². The van der Waals surface area contributed by atoms with Crippen LogP contribution in [0, 0.1) is 0 Å². The van der Waals surface area contributed by atoms with Crippen molar-refractivity contribution in [2.24, 2.45) is 0 Å². The third kappa shape index (κ3) is 3.49. The van der Waals surface area contributed by atoms with E-state index >= 15 is 0 Å². The van der Waals surface area contributed by atoms with Gasteiger partial charge in [0.1, 0.15) is 0 Å². The molecule has 10 rings (SSSR count). The predicted octanol–water partition coefficient (Wildman–Crippen LogP) is 13.2. The van der Waals surface area contributed by atoms with Crippen molar-refractivity contribution in [1.29, 1.82) is 0 Å². The molecule has 0 bridgehead atoms. The minimum absolute atomic E-state index is 0.0902. The summed E-state index contributed by atoms with van der Waals surface area (Å²) in [5, 5.41) is 10.5. The molecule has 0 amide bonds. The van der Waals surface area contributed by atoms with E-state index in [1.807, 2.05) is 11.3 Å². The van der Waals surface area contributed by atoms with Crippen LogP contribution in [0.4, 0.5) is 0 Å². The molecule has 0 fully saturated rings. The number of rotatable bonds is 2. The highest BCUT2D eigenvalue weighted by atomic mass is 32.1. The van der Waals surface area contributed by atoms with Gasteiger partial charge in [-0.25, -0.2) is 0 Å². The fourth-order valence-electron chi connectivity index (χ4n) is 8.25. The molecule has 0 atom stereocenters. The Morgan fingerprint density at radius 3 is 1.70 bits per heavy atom. The fraction of sp³-hybridized carbons (Fsp3) is 0.0667. The second kappa shape index (κ2) is 9.39. The summed E-state index contributed by atoms with van der Waals surface area (Å²) in [6, 6.07) is 54.5. The third-order valence-electron chi connectivity index (χ3n) is 10.4. The molecule has 1 aliphatic rings. The Morgan fingerprint density at radius 1 is 0.413 bits per heavy atom. The second-order valence-corrected chi connectivity index (χ2v) is 14.3. The maximum Gasteiger partial charge on any atom is 0.0434 e. The monoisotopic (exact) mass is 602 g/mol. The molecule has 1 aromatic heterocycles. The van der Waals surface area contributed by atoms with E-state index in [9.17, 15) is 0 Å². The summed E-state index contributed by atoms with van der Waals surface area (Å²) in [4.78, 5) is 0. The van der Waals surface area contributed by atoms with Gasteiger partial charge in [-0.15, -0.1) is 11.3 Å². The number of hydrogen-bond acceptors (Lipinski definition) is 1. The van der Waals surface area contributed by atoms with Gasteiger partial charge in [0.2, 0.25) is 0 Å². The normalized spacial score (nSPS) is 13.6. The molecule has 0 N–H and O–H groups in total. The van der Waals surface area contributed by atoms with Crippen LogP contribution in [-0.4, -0.2) is 0 Å². The molecule has 0 saturated carbocycles. The van der Waals surface area contributed by atoms with Gasteiger partial charge in [-0.3, -0.25) is 0 Å². The number of hydrogen-bond donors (Lipinski definition) is 0. The molecule has 9 aromatic rings. The Bertz CT molecular complexity index is 2660. The molecular formula is C45H30S. The first-order chi connectivity index (χ1) is 22.6. The molecule has 8 aromatic carbocycles. The molecule has 1 heterocycles. The van der Waals surface area contributed by atoms with Gasteiger partial charge >= 0.3 is 0 Å². The van der Waals surface area contributed by atoms with E-state index < -0.39 is 0 Å². The highest BCUT2D eigenvalue weighted by Gasteiger charge is 2.36. The van der Waals surface area contributed by atoms with Crippen molar-refractivity contribution in [1.82, 2.24) is 0 Å². The van der Waals surface area contributed by atoms with Crippen LogP contribution in [0.15, 0.2) is 146 Å². The first kappa shape index (κ1) is 26.0. The second-order valence-electron chi connectivity index (χ2n) is 13.3. The first-order valence-corrected chi connectivity index (χ1v) is 16.9. The van der Waals surface area contributed by atoms with Crippen molar-refractivity contribution in [3.05, 3.63) is 157 Å². The summed E-state index contributed by atoms with van der Waals surface area (Å²) in [5.74, 6) is 0. The average Bonchev–Trinajstić information content (AvgIpc) is 3.58. The lowest BCUT2D eigenvalue weighted by atomic mass is 9.80. The molecule has 1 aliphatic carbocycles. The summed E-state index contributed by atoms with van der Waals surface area (Å²) in [5.41, 5.74) is 10.7. The highest BCUT2D eigenvalue weighted by molar-refractivity contribution is 7.26. The van der Waals surface area contributed by atoms with E-state index in [1.165, 1.54) is 97.0 Å². The zero-order valence-electron chi connectivity index (χ0n) is 25.8. The summed E-state index contributed by atoms with van der Waals surface area (Å²) in [6.07, 6.45) is 0. The third-order valence-corrected chi connectivity index (χ3v) is 11.7. The van der Waals surface area contributed by atoms with Crippen molar-refractivity contribution in [3.63, 3.8) is 0 Å². The van der Waals surface area contributed by atoms with Crippen molar-refractivity contribution >= 4 is 63.8 Å². The van der Waals surface area contributed by atoms with Crippen LogP contribution < -0.4 is 0 Å². The molecule has 0 spiro atoms. The van der Waals surface area contributed by atoms with Gasteiger partial charge in [-0.1, -0.05) is 135 Å². The molecule has 0 radical (unpaired) electrons. The lowest BCUT2D eigenvalue weighted by Crippen LogP contribution is -2.15. The van der Waals surface area contributed by atoms with E-state index in [-0.39, 0.29) is 5.41 Å². The van der Waals surface area contributed by atoms with Crippen molar-refractivity contribution in [3.8, 4) is 33.4 Å². The molecule has 0 nitrogen and oxygen atoms in total. The minimum atomic E-state index is -0.0902. The van der Waals surface area contributed by atoms with Crippen molar-refractivity contribution in [2.75, 3.05) is 0 Å². The Hall–Kier alpha value is -5.24. The standard InChI is InChI=1S/C45H30S/c1-45(2)39-26-29(22-23-30(39)38-24-27-12-3-4-13-28(27)25-40(38)45)42-32-15-5-7-17-34(32)43(35-18-8-6-16-33(35)42)37-20-11-19-36-31-14-9-10-21-41(31)46-44(36)37/h3-26H,1-2H3. The molecule has 46 heavy (non-hydrogen) atoms. The summed E-state index contributed by atoms with van der Waals surface area (Å²) >= 11 is 1.91. The van der Waals surface area contributed by atoms with Crippen LogP contribution >= 0.6 is 11.3 Å². The molecule has 0 unspecified atom stereocenters. The van der Waals surface area contributed by atoms with Crippen LogP contribution in [0.2, 0.25) is 0 Å². The van der Waals surface area contributed by atoms with Crippen LogP contribution in [0.5, 0.6) is 0 Å². The summed E-state index contributed by atoms with van der Waals surface area (Å²) in [6.45, 7) is 4.78. The molecule has 0 aliphatic heterocycles. The van der Waals surface area contributed by atoms with Crippen LogP contribution in [0.25, 0.3) is 85.9 Å². The lowest BCUT2D eigenvalue weighted by Gasteiger charge is -2.23. The maximum atomic E-state index is 2.49. The Balaban J connectivity index is 1.26. The Labute approximate surface area is 272 Å². The van der Waals surface area contributed by atoms with Gasteiger partial charge in [-0.2, -0.15) is 0 Å². The largest absolute Gasteiger partial charge is 0.135 e. The van der Waals surface area contributed by atoms with Crippen LogP contribution in [0.1, 0.15) is 25.0 Å². The summed E-state index contributed by atoms with van der Waals surface area (Å²) < 4.78 is 2.70. The number of benzene rings is 8. The topological polar surface area (TPSA) is 0 Å². The predicted molar refractivity (Wildman–Crippen MR) is 200 cm³/mol. The SMILES string of the molecule is CC1(C)c2cc(-c3c4ccccc4c(-c4cccc5c4sc4ccccc45)c4ccccc34)ccc2-c2cc3ccccc3cc21. The van der Waals surface area contributed by atoms with Crippen LogP contribution in [-0.2, 0) is 5.41 Å². The smallest absolute Gasteiger partial charge is 0.0434 e. The van der Waals surface area contributed by atoms with Gasteiger partial charge < -0.3 is 0 Å². The average molecular weight is 603 g/mol. The molecule has 1 heteroatoms. The summed E-state index contributed by atoms with van der Waals surface area (Å²) in [7, 11) is 0. The fourth-order valence-corrected chi connectivity index (χ4v) is 9.47. The van der Waals surface area contributed by atoms with Gasteiger partial charge in [0.05, 0.1) is 0 Å². The van der Waals surface area contributed by atoms with Gasteiger partial charge in [0.15, 0.2) is 0 Å². The minimum Gasteiger partial charge on any atom is -0.135 e. The van der Waals surface area contributed by atoms with E-state index in [0.717, 1.165) is 0 Å². The van der Waals surface area contributed by atoms with Gasteiger partial charge in [0, 0.05) is 31.2 Å². The van der Waals surface area contributed by atoms with E-state index in [4.69, 9.17) is 0 Å². The zero-order chi connectivity index (χ0) is 30.6. The molecule has 0 saturated heterocycles. The van der Waals surface area contributed by atoms with E-state index in [1.54, 1.807) is 0 Å². The Kier molecular flexibility index (Phi) is 5.31. The lowest BCUT2D eigenvalue weighted by molar-refractivity contribution is 0.661. The quantitative estimate of drug-likeness (QED) is 0.173. The van der Waals surface area contributed by atoms with Crippen molar-refractivity contribution in [2.45, 2.75) is 19.3 Å². The van der Waals surface area contributed by atoms with Crippen molar-refractivity contribution < 1.29 is 0 Å².